The Labute approximate surface area is 114 Å². The number of carbonyl (C=O) groups excluding carboxylic acids is 1. The van der Waals surface area contributed by atoms with Crippen molar-refractivity contribution in [3.05, 3.63) is 29.0 Å². The summed E-state index contributed by atoms with van der Waals surface area (Å²) >= 11 is 5.73. The number of ether oxygens (including phenoxy) is 1. The monoisotopic (exact) mass is 289 g/mol. The number of hydrogen-bond acceptors (Lipinski definition) is 3. The summed E-state index contributed by atoms with van der Waals surface area (Å²) in [4.78, 5) is 23.3. The van der Waals surface area contributed by atoms with Crippen LogP contribution in [0, 0.1) is 5.82 Å². The lowest BCUT2D eigenvalue weighted by molar-refractivity contribution is -0.145. The first-order chi connectivity index (χ1) is 8.93. The summed E-state index contributed by atoms with van der Waals surface area (Å²) in [5.74, 6) is -1.92. The average Bonchev–Trinajstić information content (AvgIpc) is 2.34. The number of aliphatic carboxylic acids is 1. The maximum absolute atomic E-state index is 12.8. The lowest BCUT2D eigenvalue weighted by Gasteiger charge is -2.18. The molecule has 19 heavy (non-hydrogen) atoms. The highest BCUT2D eigenvalue weighted by Gasteiger charge is 2.16. The van der Waals surface area contributed by atoms with Gasteiger partial charge in [0.05, 0.1) is 5.02 Å². The van der Waals surface area contributed by atoms with Gasteiger partial charge in [0.25, 0.3) is 5.91 Å². The molecule has 1 aromatic rings. The van der Waals surface area contributed by atoms with Gasteiger partial charge in [0.2, 0.25) is 0 Å². The van der Waals surface area contributed by atoms with E-state index >= 15 is 0 Å². The molecule has 1 N–H and O–H groups in total. The summed E-state index contributed by atoms with van der Waals surface area (Å²) in [7, 11) is 0. The van der Waals surface area contributed by atoms with Crippen molar-refractivity contribution in [2.45, 2.75) is 6.92 Å². The van der Waals surface area contributed by atoms with Gasteiger partial charge in [0.15, 0.2) is 6.61 Å². The molecular formula is C12H13ClFNO4. The molecule has 1 rings (SSSR count). The minimum absolute atomic E-state index is 0.0501. The predicted molar refractivity (Wildman–Crippen MR) is 66.8 cm³/mol. The van der Waals surface area contributed by atoms with Crippen LogP contribution in [0.4, 0.5) is 4.39 Å². The van der Waals surface area contributed by atoms with Crippen LogP contribution in [-0.2, 0) is 9.59 Å². The Hall–Kier alpha value is -1.82. The van der Waals surface area contributed by atoms with Gasteiger partial charge in [-0.2, -0.15) is 0 Å². The number of carboxylic acids is 1. The fourth-order valence-corrected chi connectivity index (χ4v) is 1.58. The first-order valence-electron chi connectivity index (χ1n) is 5.51. The number of amides is 1. The third-order valence-corrected chi connectivity index (χ3v) is 2.60. The standard InChI is InChI=1S/C12H13ClFNO4/c1-2-15(6-12(17)18)11(16)7-19-10-4-3-8(14)5-9(10)13/h3-5H,2,6-7H2,1H3,(H,17,18). The topological polar surface area (TPSA) is 66.8 Å². The third kappa shape index (κ3) is 4.75. The summed E-state index contributed by atoms with van der Waals surface area (Å²) in [5.41, 5.74) is 0. The summed E-state index contributed by atoms with van der Waals surface area (Å²) in [5, 5.41) is 8.68. The number of carbonyl (C=O) groups is 2. The second kappa shape index (κ2) is 6.94. The van der Waals surface area contributed by atoms with Crippen molar-refractivity contribution >= 4 is 23.5 Å². The van der Waals surface area contributed by atoms with Crippen molar-refractivity contribution < 1.29 is 23.8 Å². The lowest BCUT2D eigenvalue weighted by Crippen LogP contribution is -2.38. The van der Waals surface area contributed by atoms with Crippen LogP contribution in [0.25, 0.3) is 0 Å². The molecule has 0 saturated carbocycles. The van der Waals surface area contributed by atoms with Gasteiger partial charge in [-0.25, -0.2) is 4.39 Å². The highest BCUT2D eigenvalue weighted by molar-refractivity contribution is 6.32. The Balaban J connectivity index is 2.60. The first-order valence-corrected chi connectivity index (χ1v) is 5.89. The molecule has 1 amide bonds. The van der Waals surface area contributed by atoms with Crippen molar-refractivity contribution in [3.63, 3.8) is 0 Å². The SMILES string of the molecule is CCN(CC(=O)O)C(=O)COc1ccc(F)cc1Cl. The van der Waals surface area contributed by atoms with Crippen LogP contribution in [0.15, 0.2) is 18.2 Å². The van der Waals surface area contributed by atoms with Crippen molar-refractivity contribution in [1.29, 1.82) is 0 Å². The number of likely N-dealkylation sites (N-methyl/N-ethyl adjacent to an activating group) is 1. The normalized spacial score (nSPS) is 10.1. The second-order valence-corrected chi connectivity index (χ2v) is 4.07. The van der Waals surface area contributed by atoms with Gasteiger partial charge in [-0.1, -0.05) is 11.6 Å². The number of benzene rings is 1. The smallest absolute Gasteiger partial charge is 0.323 e. The molecule has 0 fully saturated rings. The van der Waals surface area contributed by atoms with Gasteiger partial charge in [-0.3, -0.25) is 9.59 Å². The molecule has 7 heteroatoms. The molecule has 0 saturated heterocycles. The van der Waals surface area contributed by atoms with Crippen molar-refractivity contribution in [3.8, 4) is 5.75 Å². The van der Waals surface area contributed by atoms with Crippen molar-refractivity contribution in [1.82, 2.24) is 4.90 Å². The van der Waals surface area contributed by atoms with E-state index in [2.05, 4.69) is 0 Å². The zero-order valence-electron chi connectivity index (χ0n) is 10.2. The summed E-state index contributed by atoms with van der Waals surface area (Å²) < 4.78 is 17.9. The fraction of sp³-hybridized carbons (Fsp3) is 0.333. The quantitative estimate of drug-likeness (QED) is 0.867. The molecule has 1 aromatic carbocycles. The molecule has 0 atom stereocenters. The van der Waals surface area contributed by atoms with E-state index in [4.69, 9.17) is 21.4 Å². The number of rotatable bonds is 6. The highest BCUT2D eigenvalue weighted by atomic mass is 35.5. The van der Waals surface area contributed by atoms with E-state index in [0.717, 1.165) is 17.0 Å². The van der Waals surface area contributed by atoms with E-state index in [1.165, 1.54) is 6.07 Å². The van der Waals surface area contributed by atoms with E-state index in [1.54, 1.807) is 6.92 Å². The maximum Gasteiger partial charge on any atom is 0.323 e. The molecular weight excluding hydrogens is 277 g/mol. The third-order valence-electron chi connectivity index (χ3n) is 2.31. The van der Waals surface area contributed by atoms with E-state index in [0.29, 0.717) is 0 Å². The Morgan fingerprint density at radius 2 is 2.16 bits per heavy atom. The Bertz CT molecular complexity index is 481. The number of hydrogen-bond donors (Lipinski definition) is 1. The van der Waals surface area contributed by atoms with Gasteiger partial charge in [0.1, 0.15) is 18.1 Å². The molecule has 0 bridgehead atoms. The van der Waals surface area contributed by atoms with Gasteiger partial charge in [0, 0.05) is 6.54 Å². The van der Waals surface area contributed by atoms with Crippen LogP contribution in [0.2, 0.25) is 5.02 Å². The lowest BCUT2D eigenvalue weighted by atomic mass is 10.3. The Kier molecular flexibility index (Phi) is 5.57. The second-order valence-electron chi connectivity index (χ2n) is 3.67. The van der Waals surface area contributed by atoms with Gasteiger partial charge < -0.3 is 14.7 Å². The van der Waals surface area contributed by atoms with Crippen molar-refractivity contribution in [2.75, 3.05) is 19.7 Å². The summed E-state index contributed by atoms with van der Waals surface area (Å²) in [6, 6.07) is 3.52. The van der Waals surface area contributed by atoms with E-state index in [9.17, 15) is 14.0 Å². The molecule has 5 nitrogen and oxygen atoms in total. The van der Waals surface area contributed by atoms with Crippen LogP contribution in [0.1, 0.15) is 6.92 Å². The van der Waals surface area contributed by atoms with Gasteiger partial charge in [-0.05, 0) is 25.1 Å². The minimum Gasteiger partial charge on any atom is -0.482 e. The molecule has 0 spiro atoms. The molecule has 0 aromatic heterocycles. The Morgan fingerprint density at radius 3 is 2.68 bits per heavy atom. The summed E-state index contributed by atoms with van der Waals surface area (Å²) in [6.07, 6.45) is 0. The largest absolute Gasteiger partial charge is 0.482 e. The summed E-state index contributed by atoms with van der Waals surface area (Å²) in [6.45, 7) is 1.17. The fourth-order valence-electron chi connectivity index (χ4n) is 1.36. The van der Waals surface area contributed by atoms with E-state index in [-0.39, 0.29) is 23.9 Å². The Morgan fingerprint density at radius 1 is 1.47 bits per heavy atom. The van der Waals surface area contributed by atoms with E-state index < -0.39 is 24.2 Å². The number of halogens is 2. The molecule has 0 radical (unpaired) electrons. The zero-order valence-corrected chi connectivity index (χ0v) is 11.0. The first kappa shape index (κ1) is 15.2. The molecule has 0 aliphatic carbocycles. The molecule has 0 aliphatic heterocycles. The van der Waals surface area contributed by atoms with E-state index in [1.807, 2.05) is 0 Å². The predicted octanol–water partition coefficient (Wildman–Crippen LogP) is 1.79. The molecule has 0 unspecified atom stereocenters. The highest BCUT2D eigenvalue weighted by Crippen LogP contribution is 2.24. The molecule has 0 aliphatic rings. The zero-order chi connectivity index (χ0) is 14.4. The maximum atomic E-state index is 12.8. The van der Waals surface area contributed by atoms with Gasteiger partial charge in [-0.15, -0.1) is 0 Å². The number of carboxylic acid groups (broad SMARTS) is 1. The molecule has 104 valence electrons. The van der Waals surface area contributed by atoms with Crippen LogP contribution in [-0.4, -0.2) is 41.6 Å². The van der Waals surface area contributed by atoms with Gasteiger partial charge >= 0.3 is 5.97 Å². The number of nitrogens with zero attached hydrogens (tertiary/aromatic N) is 1. The minimum atomic E-state index is -1.10. The van der Waals surface area contributed by atoms with Crippen LogP contribution < -0.4 is 4.74 Å². The van der Waals surface area contributed by atoms with Crippen LogP contribution in [0.3, 0.4) is 0 Å². The van der Waals surface area contributed by atoms with Crippen LogP contribution in [0.5, 0.6) is 5.75 Å². The van der Waals surface area contributed by atoms with Crippen LogP contribution >= 0.6 is 11.6 Å². The average molecular weight is 290 g/mol. The van der Waals surface area contributed by atoms with Crippen molar-refractivity contribution in [2.24, 2.45) is 0 Å². The molecule has 0 heterocycles.